The summed E-state index contributed by atoms with van der Waals surface area (Å²) in [5, 5.41) is 9.94. The lowest BCUT2D eigenvalue weighted by Crippen LogP contribution is -2.61. The summed E-state index contributed by atoms with van der Waals surface area (Å²) in [6.07, 6.45) is 5.95. The molecular weight excluding hydrogens is 410 g/mol. The smallest absolute Gasteiger partial charge is 0.435 e. The van der Waals surface area contributed by atoms with E-state index in [0.29, 0.717) is 18.5 Å². The number of nitrogens with zero attached hydrogens (tertiary/aromatic N) is 1. The largest absolute Gasteiger partial charge is 0.521 e. The summed E-state index contributed by atoms with van der Waals surface area (Å²) in [4.78, 5) is 39.5. The van der Waals surface area contributed by atoms with Crippen LogP contribution in [0.25, 0.3) is 0 Å². The van der Waals surface area contributed by atoms with Gasteiger partial charge in [-0.15, -0.1) is 0 Å². The Morgan fingerprint density at radius 3 is 2.26 bits per heavy atom. The molecule has 2 fully saturated rings. The summed E-state index contributed by atoms with van der Waals surface area (Å²) in [6.45, 7) is 6.56. The molecule has 1 saturated carbocycles. The highest BCUT2D eigenvalue weighted by molar-refractivity contribution is 8.14. The van der Waals surface area contributed by atoms with E-state index in [1.165, 1.54) is 11.8 Å². The quantitative estimate of drug-likeness (QED) is 0.510. The number of quaternary nitrogens is 1. The van der Waals surface area contributed by atoms with Crippen molar-refractivity contribution in [2.45, 2.75) is 83.4 Å². The van der Waals surface area contributed by atoms with Gasteiger partial charge >= 0.3 is 12.0 Å². The first-order chi connectivity index (χ1) is 14.8. The predicted molar refractivity (Wildman–Crippen MR) is 124 cm³/mol. The van der Waals surface area contributed by atoms with Gasteiger partial charge in [-0.3, -0.25) is 4.79 Å². The fraction of sp³-hybridized carbons (Fsp3) is 0.640. The second-order valence-corrected chi connectivity index (χ2v) is 10.5. The van der Waals surface area contributed by atoms with Crippen LogP contribution in [0.5, 0.6) is 0 Å². The van der Waals surface area contributed by atoms with Gasteiger partial charge in [0.05, 0.1) is 12.5 Å². The topological polar surface area (TPSA) is 71.4 Å². The Bertz CT molecular complexity index is 805. The lowest BCUT2D eigenvalue weighted by Gasteiger charge is -2.38. The molecule has 1 N–H and O–H groups in total. The third-order valence-corrected chi connectivity index (χ3v) is 9.13. The molecule has 1 aliphatic carbocycles. The molecule has 0 aromatic heterocycles. The second kappa shape index (κ2) is 9.86. The van der Waals surface area contributed by atoms with E-state index in [1.807, 2.05) is 37.3 Å². The first kappa shape index (κ1) is 24.0. The molecule has 2 amide bonds. The fourth-order valence-corrected chi connectivity index (χ4v) is 7.64. The summed E-state index contributed by atoms with van der Waals surface area (Å²) in [5.74, 6) is -0.572. The van der Waals surface area contributed by atoms with Gasteiger partial charge in [0.25, 0.3) is 0 Å². The van der Waals surface area contributed by atoms with Gasteiger partial charge in [0, 0.05) is 23.7 Å². The summed E-state index contributed by atoms with van der Waals surface area (Å²) in [5.41, 5.74) is 0.550. The molecule has 5 nitrogen and oxygen atoms in total. The minimum Gasteiger partial charge on any atom is -0.435 e. The molecule has 1 aromatic rings. The Morgan fingerprint density at radius 1 is 1.10 bits per heavy atom. The molecule has 0 bridgehead atoms. The van der Waals surface area contributed by atoms with Gasteiger partial charge in [-0.25, -0.2) is 4.79 Å². The van der Waals surface area contributed by atoms with Gasteiger partial charge in [-0.05, 0) is 38.0 Å². The van der Waals surface area contributed by atoms with Crippen LogP contribution in [0.15, 0.2) is 30.3 Å². The number of rotatable bonds is 7. The number of carbonyl (C=O) groups excluding carboxylic acids is 2. The molecule has 3 rings (SSSR count). The zero-order valence-electron chi connectivity index (χ0n) is 19.0. The van der Waals surface area contributed by atoms with Crippen molar-refractivity contribution in [3.63, 3.8) is 0 Å². The third kappa shape index (κ3) is 4.34. The fourth-order valence-electron chi connectivity index (χ4n) is 6.11. The normalized spacial score (nSPS) is 29.7. The van der Waals surface area contributed by atoms with Crippen LogP contribution >= 0.6 is 11.8 Å². The van der Waals surface area contributed by atoms with Crippen molar-refractivity contribution in [3.8, 4) is 0 Å². The highest BCUT2D eigenvalue weighted by atomic mass is 32.2. The zero-order valence-corrected chi connectivity index (χ0v) is 19.8. The maximum absolute atomic E-state index is 13.9. The Balaban J connectivity index is 1.98. The van der Waals surface area contributed by atoms with Gasteiger partial charge in [-0.1, -0.05) is 68.8 Å². The highest BCUT2D eigenvalue weighted by Gasteiger charge is 2.61. The Kier molecular flexibility index (Phi) is 7.63. The number of hydrogen-bond donors (Lipinski definition) is 1. The Hall–Kier alpha value is -1.66. The molecule has 170 valence electrons. The van der Waals surface area contributed by atoms with E-state index in [4.69, 9.17) is 0 Å². The molecule has 1 aromatic carbocycles. The van der Waals surface area contributed by atoms with E-state index in [2.05, 4.69) is 13.8 Å². The average molecular weight is 447 g/mol. The third-order valence-electron chi connectivity index (χ3n) is 7.60. The van der Waals surface area contributed by atoms with E-state index in [9.17, 15) is 19.5 Å². The number of amides is 2. The number of carbonyl (C=O) groups is 3. The van der Waals surface area contributed by atoms with E-state index >= 15 is 0 Å². The molecule has 6 heteroatoms. The van der Waals surface area contributed by atoms with Crippen LogP contribution in [0.4, 0.5) is 4.79 Å². The lowest BCUT2D eigenvalue weighted by atomic mass is 9.76. The second-order valence-electron chi connectivity index (χ2n) is 9.40. The van der Waals surface area contributed by atoms with Crippen LogP contribution in [0.2, 0.25) is 0 Å². The van der Waals surface area contributed by atoms with Crippen LogP contribution < -0.4 is 0 Å². The van der Waals surface area contributed by atoms with Gasteiger partial charge in [0.1, 0.15) is 6.04 Å². The molecule has 31 heavy (non-hydrogen) atoms. The van der Waals surface area contributed by atoms with E-state index in [-0.39, 0.29) is 27.7 Å². The Morgan fingerprint density at radius 2 is 1.74 bits per heavy atom. The van der Waals surface area contributed by atoms with Gasteiger partial charge in [0.15, 0.2) is 0 Å². The first-order valence-corrected chi connectivity index (χ1v) is 12.6. The van der Waals surface area contributed by atoms with Gasteiger partial charge < -0.3 is 5.11 Å². The number of benzene rings is 1. The first-order valence-electron chi connectivity index (χ1n) is 11.7. The Labute approximate surface area is 190 Å². The molecular formula is C25H36NO4S+. The number of hydrogen-bond acceptors (Lipinski definition) is 4. The van der Waals surface area contributed by atoms with Crippen LogP contribution in [0, 0.1) is 11.3 Å². The van der Waals surface area contributed by atoms with Crippen molar-refractivity contribution in [3.05, 3.63) is 35.9 Å². The minimum atomic E-state index is -1.03. The number of likely N-dealkylation sites (tertiary alicyclic amines) is 1. The lowest BCUT2D eigenvalue weighted by molar-refractivity contribution is -0.794. The zero-order chi connectivity index (χ0) is 22.6. The van der Waals surface area contributed by atoms with E-state index < -0.39 is 16.5 Å². The van der Waals surface area contributed by atoms with Crippen LogP contribution in [-0.4, -0.2) is 44.5 Å². The number of thioether (sulfide) groups is 1. The van der Waals surface area contributed by atoms with Crippen LogP contribution in [-0.2, 0) is 4.79 Å². The van der Waals surface area contributed by atoms with Crippen molar-refractivity contribution < 1.29 is 24.0 Å². The molecule has 1 saturated heterocycles. The number of imide groups is 1. The highest BCUT2D eigenvalue weighted by Crippen LogP contribution is 2.55. The summed E-state index contributed by atoms with van der Waals surface area (Å²) < 4.78 is -0.463. The SMILES string of the molecule is CCCC1(CCC)CCC(C(=O)[N+]2(C(=O)O)CCC[C@H]2C)C1SC(=O)c1ccccc1. The summed E-state index contributed by atoms with van der Waals surface area (Å²) in [6, 6.07) is 9.01. The van der Waals surface area contributed by atoms with Crippen LogP contribution in [0.3, 0.4) is 0 Å². The van der Waals surface area contributed by atoms with Crippen molar-refractivity contribution in [2.24, 2.45) is 11.3 Å². The van der Waals surface area contributed by atoms with Crippen molar-refractivity contribution in [1.82, 2.24) is 0 Å². The summed E-state index contributed by atoms with van der Waals surface area (Å²) >= 11 is 1.29. The maximum Gasteiger partial charge on any atom is 0.521 e. The average Bonchev–Trinajstić information content (AvgIpc) is 3.30. The molecule has 0 spiro atoms. The van der Waals surface area contributed by atoms with Crippen LogP contribution in [0.1, 0.15) is 82.5 Å². The van der Waals surface area contributed by atoms with E-state index in [0.717, 1.165) is 44.9 Å². The number of carboxylic acid groups (broad SMARTS) is 1. The summed E-state index contributed by atoms with van der Waals surface area (Å²) in [7, 11) is 0. The predicted octanol–water partition coefficient (Wildman–Crippen LogP) is 6.13. The molecule has 4 atom stereocenters. The van der Waals surface area contributed by atoms with Gasteiger partial charge in [-0.2, -0.15) is 9.28 Å². The monoisotopic (exact) mass is 446 g/mol. The van der Waals surface area contributed by atoms with Crippen molar-refractivity contribution >= 4 is 28.9 Å². The maximum atomic E-state index is 13.9. The molecule has 2 aliphatic rings. The molecule has 1 heterocycles. The standard InChI is InChI=1S/C25H35NO4S/c1-4-14-25(15-5-2)16-13-20(21(25)31-23(28)19-11-7-6-8-12-19)22(27)26(24(29)30)17-9-10-18(26)3/h6-8,11-12,18,20-21H,4-5,9-10,13-17H2,1-3H3/p+1/t18-,20?,21?,26?/m1/s1. The van der Waals surface area contributed by atoms with Crippen molar-refractivity contribution in [2.75, 3.05) is 6.54 Å². The van der Waals surface area contributed by atoms with Crippen molar-refractivity contribution in [1.29, 1.82) is 0 Å². The molecule has 3 unspecified atom stereocenters. The molecule has 0 radical (unpaired) electrons. The molecule has 1 aliphatic heterocycles. The van der Waals surface area contributed by atoms with Gasteiger partial charge in [0.2, 0.25) is 5.12 Å². The van der Waals surface area contributed by atoms with E-state index in [1.54, 1.807) is 0 Å². The minimum absolute atomic E-state index is 0.0155.